The monoisotopic (exact) mass is 378 g/mol. The number of carbonyl (C=O) groups excluding carboxylic acids is 1. The Balaban J connectivity index is 1.58. The fourth-order valence-electron chi connectivity index (χ4n) is 2.80. The number of benzene rings is 1. The molecule has 3 heterocycles. The Morgan fingerprint density at radius 2 is 2.22 bits per heavy atom. The summed E-state index contributed by atoms with van der Waals surface area (Å²) in [6.07, 6.45) is 7.92. The lowest BCUT2D eigenvalue weighted by Gasteiger charge is -2.06. The SMILES string of the molecule is CCCCc1ccc2nc(NC(=O)c3cccnc3-n3cncn3)sc2c1. The van der Waals surface area contributed by atoms with Crippen LogP contribution in [-0.4, -0.2) is 30.6 Å². The van der Waals surface area contributed by atoms with Gasteiger partial charge in [-0.2, -0.15) is 5.10 Å². The summed E-state index contributed by atoms with van der Waals surface area (Å²) in [6, 6.07) is 9.69. The third-order valence-corrected chi connectivity index (χ3v) is 5.09. The van der Waals surface area contributed by atoms with E-state index in [1.807, 2.05) is 6.07 Å². The minimum absolute atomic E-state index is 0.279. The molecule has 4 aromatic rings. The molecule has 0 aliphatic carbocycles. The van der Waals surface area contributed by atoms with Crippen molar-refractivity contribution < 1.29 is 4.79 Å². The molecule has 4 rings (SSSR count). The molecule has 8 heteroatoms. The van der Waals surface area contributed by atoms with Gasteiger partial charge in [0.2, 0.25) is 0 Å². The van der Waals surface area contributed by atoms with E-state index in [4.69, 9.17) is 0 Å². The fourth-order valence-corrected chi connectivity index (χ4v) is 3.72. The molecule has 0 unspecified atom stereocenters. The number of thiazole rings is 1. The Morgan fingerprint density at radius 3 is 3.04 bits per heavy atom. The van der Waals surface area contributed by atoms with Gasteiger partial charge in [0.05, 0.1) is 15.8 Å². The number of aryl methyl sites for hydroxylation is 1. The Labute approximate surface area is 160 Å². The first-order valence-corrected chi connectivity index (χ1v) is 9.57. The summed E-state index contributed by atoms with van der Waals surface area (Å²) in [5, 5.41) is 7.50. The normalized spacial score (nSPS) is 11.0. The fraction of sp³-hybridized carbons (Fsp3) is 0.211. The van der Waals surface area contributed by atoms with Gasteiger partial charge in [-0.3, -0.25) is 10.1 Å². The van der Waals surface area contributed by atoms with E-state index in [0.29, 0.717) is 16.5 Å². The van der Waals surface area contributed by atoms with E-state index in [-0.39, 0.29) is 5.91 Å². The number of rotatable bonds is 6. The summed E-state index contributed by atoms with van der Waals surface area (Å²) in [5.41, 5.74) is 2.59. The minimum atomic E-state index is -0.279. The molecule has 0 spiro atoms. The van der Waals surface area contributed by atoms with Gasteiger partial charge in [-0.05, 0) is 42.7 Å². The van der Waals surface area contributed by atoms with Crippen molar-refractivity contribution in [2.24, 2.45) is 0 Å². The van der Waals surface area contributed by atoms with Crippen molar-refractivity contribution in [1.82, 2.24) is 24.7 Å². The van der Waals surface area contributed by atoms with Gasteiger partial charge in [-0.25, -0.2) is 19.6 Å². The summed E-state index contributed by atoms with van der Waals surface area (Å²) < 4.78 is 2.54. The third-order valence-electron chi connectivity index (χ3n) is 4.16. The van der Waals surface area contributed by atoms with E-state index < -0.39 is 0 Å². The third kappa shape index (κ3) is 3.70. The number of anilines is 1. The van der Waals surface area contributed by atoms with Crippen molar-refractivity contribution in [1.29, 1.82) is 0 Å². The highest BCUT2D eigenvalue weighted by Gasteiger charge is 2.16. The number of amides is 1. The molecular formula is C19H18N6OS. The van der Waals surface area contributed by atoms with Crippen LogP contribution >= 0.6 is 11.3 Å². The van der Waals surface area contributed by atoms with Crippen LogP contribution in [0.4, 0.5) is 5.13 Å². The average Bonchev–Trinajstić information content (AvgIpc) is 3.35. The molecular weight excluding hydrogens is 360 g/mol. The van der Waals surface area contributed by atoms with Gasteiger partial charge in [0.1, 0.15) is 12.7 Å². The van der Waals surface area contributed by atoms with E-state index in [0.717, 1.165) is 16.6 Å². The molecule has 7 nitrogen and oxygen atoms in total. The minimum Gasteiger partial charge on any atom is -0.298 e. The van der Waals surface area contributed by atoms with Crippen molar-refractivity contribution in [3.63, 3.8) is 0 Å². The summed E-state index contributed by atoms with van der Waals surface area (Å²) in [4.78, 5) is 25.5. The number of nitrogens with one attached hydrogen (secondary N) is 1. The maximum absolute atomic E-state index is 12.8. The number of nitrogens with zero attached hydrogens (tertiary/aromatic N) is 5. The Bertz CT molecular complexity index is 1070. The second kappa shape index (κ2) is 7.63. The van der Waals surface area contributed by atoms with Crippen molar-refractivity contribution in [2.75, 3.05) is 5.32 Å². The molecule has 0 saturated heterocycles. The lowest BCUT2D eigenvalue weighted by Crippen LogP contribution is -2.16. The molecule has 0 aliphatic rings. The topological polar surface area (TPSA) is 85.6 Å². The van der Waals surface area contributed by atoms with Crippen LogP contribution in [-0.2, 0) is 6.42 Å². The molecule has 1 aromatic carbocycles. The summed E-state index contributed by atoms with van der Waals surface area (Å²) >= 11 is 1.47. The highest BCUT2D eigenvalue weighted by Crippen LogP contribution is 2.28. The Kier molecular flexibility index (Phi) is 4.88. The van der Waals surface area contributed by atoms with Crippen molar-refractivity contribution in [2.45, 2.75) is 26.2 Å². The maximum Gasteiger partial charge on any atom is 0.261 e. The molecule has 3 aromatic heterocycles. The molecule has 1 amide bonds. The van der Waals surface area contributed by atoms with E-state index >= 15 is 0 Å². The largest absolute Gasteiger partial charge is 0.298 e. The van der Waals surface area contributed by atoms with Gasteiger partial charge in [-0.1, -0.05) is 30.7 Å². The van der Waals surface area contributed by atoms with Crippen molar-refractivity contribution in [3.05, 3.63) is 60.3 Å². The number of carbonyl (C=O) groups is 1. The number of aromatic nitrogens is 5. The van der Waals surface area contributed by atoms with Gasteiger partial charge < -0.3 is 0 Å². The number of hydrogen-bond acceptors (Lipinski definition) is 6. The Hall–Kier alpha value is -3.13. The molecule has 136 valence electrons. The average molecular weight is 378 g/mol. The van der Waals surface area contributed by atoms with E-state index in [2.05, 4.69) is 44.4 Å². The van der Waals surface area contributed by atoms with Gasteiger partial charge in [0.15, 0.2) is 10.9 Å². The van der Waals surface area contributed by atoms with E-state index in [1.54, 1.807) is 18.3 Å². The zero-order valence-corrected chi connectivity index (χ0v) is 15.6. The molecule has 0 bridgehead atoms. The maximum atomic E-state index is 12.8. The van der Waals surface area contributed by atoms with Gasteiger partial charge in [0.25, 0.3) is 5.91 Å². The molecule has 0 atom stereocenters. The molecule has 27 heavy (non-hydrogen) atoms. The van der Waals surface area contributed by atoms with Gasteiger partial charge in [-0.15, -0.1) is 0 Å². The zero-order valence-electron chi connectivity index (χ0n) is 14.8. The van der Waals surface area contributed by atoms with E-state index in [1.165, 1.54) is 47.1 Å². The quantitative estimate of drug-likeness (QED) is 0.550. The second-order valence-electron chi connectivity index (χ2n) is 6.09. The van der Waals surface area contributed by atoms with Crippen molar-refractivity contribution in [3.8, 4) is 5.82 Å². The van der Waals surface area contributed by atoms with Crippen LogP contribution < -0.4 is 5.32 Å². The molecule has 0 aliphatic heterocycles. The van der Waals surface area contributed by atoms with Crippen LogP contribution in [0.25, 0.3) is 16.0 Å². The number of hydrogen-bond donors (Lipinski definition) is 1. The first-order chi connectivity index (χ1) is 13.2. The van der Waals surface area contributed by atoms with Crippen molar-refractivity contribution >= 4 is 32.6 Å². The lowest BCUT2D eigenvalue weighted by molar-refractivity contribution is 0.102. The highest BCUT2D eigenvalue weighted by atomic mass is 32.1. The number of unbranched alkanes of at least 4 members (excludes halogenated alkanes) is 1. The molecule has 1 N–H and O–H groups in total. The van der Waals surface area contributed by atoms with Crippen LogP contribution in [0.15, 0.2) is 49.2 Å². The summed E-state index contributed by atoms with van der Waals surface area (Å²) in [6.45, 7) is 2.19. The second-order valence-corrected chi connectivity index (χ2v) is 7.12. The van der Waals surface area contributed by atoms with Crippen LogP contribution in [0.1, 0.15) is 35.7 Å². The standard InChI is InChI=1S/C19H18N6OS/c1-2-3-5-13-7-8-15-16(10-13)27-19(23-15)24-18(26)14-6-4-9-21-17(14)25-12-20-11-22-25/h4,6-12H,2-3,5H2,1H3,(H,23,24,26). The predicted octanol–water partition coefficient (Wildman–Crippen LogP) is 3.87. The highest BCUT2D eigenvalue weighted by molar-refractivity contribution is 7.22. The zero-order chi connectivity index (χ0) is 18.6. The number of fused-ring (bicyclic) bond motifs is 1. The van der Waals surface area contributed by atoms with Gasteiger partial charge >= 0.3 is 0 Å². The smallest absolute Gasteiger partial charge is 0.261 e. The molecule has 0 saturated carbocycles. The summed E-state index contributed by atoms with van der Waals surface area (Å²) in [5.74, 6) is 0.148. The molecule has 0 radical (unpaired) electrons. The Morgan fingerprint density at radius 1 is 1.30 bits per heavy atom. The van der Waals surface area contributed by atoms with Gasteiger partial charge in [0, 0.05) is 6.20 Å². The van der Waals surface area contributed by atoms with Crippen LogP contribution in [0.2, 0.25) is 0 Å². The lowest BCUT2D eigenvalue weighted by atomic mass is 10.1. The summed E-state index contributed by atoms with van der Waals surface area (Å²) in [7, 11) is 0. The van der Waals surface area contributed by atoms with E-state index in [9.17, 15) is 4.79 Å². The van der Waals surface area contributed by atoms with Crippen LogP contribution in [0.3, 0.4) is 0 Å². The van der Waals surface area contributed by atoms with Crippen LogP contribution in [0.5, 0.6) is 0 Å². The first kappa shape index (κ1) is 17.3. The molecule has 0 fully saturated rings. The number of pyridine rings is 1. The first-order valence-electron chi connectivity index (χ1n) is 8.75. The van der Waals surface area contributed by atoms with Crippen LogP contribution in [0, 0.1) is 0 Å². The predicted molar refractivity (Wildman–Crippen MR) is 105 cm³/mol.